The van der Waals surface area contributed by atoms with Gasteiger partial charge in [-0.2, -0.15) is 0 Å². The fraction of sp³-hybridized carbons (Fsp3) is 0.625. The Morgan fingerprint density at radius 2 is 0.319 bits per heavy atom. The molecule has 0 rings (SSSR count). The minimum Gasteiger partial charge on any atom is -0.875 e. The predicted molar refractivity (Wildman–Crippen MR) is 238 cm³/mol. The molecule has 0 amide bonds. The molecule has 69 heavy (non-hydrogen) atoms. The fourth-order valence-electron chi connectivity index (χ4n) is 2.98. The van der Waals surface area contributed by atoms with Crippen molar-refractivity contribution in [3.8, 4) is 0 Å². The second kappa shape index (κ2) is 39.6. The van der Waals surface area contributed by atoms with E-state index in [1.54, 1.807) is 125 Å². The van der Waals surface area contributed by atoms with Crippen LogP contribution < -0.4 is 30.6 Å². The molecule has 0 saturated heterocycles. The summed E-state index contributed by atoms with van der Waals surface area (Å²) in [4.78, 5) is 64.6. The number of allylic oxidation sites excluding steroid dienone is 6. The number of hydrogen-bond acceptors (Lipinski definition) is 18. The van der Waals surface area contributed by atoms with Gasteiger partial charge in [0, 0.05) is 36.5 Å². The minimum atomic E-state index is -0.579. The van der Waals surface area contributed by atoms with E-state index in [4.69, 9.17) is 28.4 Å². The Morgan fingerprint density at radius 3 is 0.362 bits per heavy atom. The van der Waals surface area contributed by atoms with E-state index >= 15 is 0 Å². The average Bonchev–Trinajstić information content (AvgIpc) is 2.90. The zero-order valence-corrected chi connectivity index (χ0v) is 54.8. The molecule has 0 aliphatic carbocycles. The molecule has 21 heteroatoms. The zero-order chi connectivity index (χ0) is 54.4. The van der Waals surface area contributed by atoms with Crippen molar-refractivity contribution in [1.82, 2.24) is 0 Å². The molecule has 18 nitrogen and oxygen atoms in total. The van der Waals surface area contributed by atoms with Gasteiger partial charge in [0.05, 0.1) is 0 Å². The summed E-state index contributed by atoms with van der Waals surface area (Å²) in [5.74, 6) is -5.23. The average molecular weight is 1140 g/mol. The van der Waals surface area contributed by atoms with Gasteiger partial charge in [0.15, 0.2) is 0 Å². The summed E-state index contributed by atoms with van der Waals surface area (Å²) in [6.45, 7) is 39.3. The molecular formula is C48H78O18Zn3. The van der Waals surface area contributed by atoms with Crippen LogP contribution in [0.1, 0.15) is 166 Å². The number of hydrogen-bond donors (Lipinski definition) is 0. The van der Waals surface area contributed by atoms with Crippen LogP contribution in [0.3, 0.4) is 0 Å². The third-order valence-corrected chi connectivity index (χ3v) is 4.37. The molecule has 0 N–H and O–H groups in total. The second-order valence-electron chi connectivity index (χ2n) is 19.7. The second-order valence-corrected chi connectivity index (χ2v) is 19.7. The Kier molecular flexibility index (Phi) is 48.7. The van der Waals surface area contributed by atoms with E-state index in [9.17, 15) is 59.4 Å². The van der Waals surface area contributed by atoms with Gasteiger partial charge in [-0.3, -0.25) is 0 Å². The molecule has 0 aromatic carbocycles. The number of carbonyl (C=O) groups is 6. The van der Waals surface area contributed by atoms with E-state index < -0.39 is 69.4 Å². The van der Waals surface area contributed by atoms with Crippen molar-refractivity contribution >= 4 is 35.8 Å². The summed E-state index contributed by atoms with van der Waals surface area (Å²) in [6.07, 6.45) is 5.61. The van der Waals surface area contributed by atoms with Crippen molar-refractivity contribution in [2.24, 2.45) is 0 Å². The van der Waals surface area contributed by atoms with E-state index in [-0.39, 0.29) is 93.0 Å². The van der Waals surface area contributed by atoms with Crippen LogP contribution >= 0.6 is 0 Å². The van der Waals surface area contributed by atoms with Crippen LogP contribution in [0.5, 0.6) is 0 Å². The van der Waals surface area contributed by atoms with Crippen LogP contribution in [-0.4, -0.2) is 69.4 Å². The number of ether oxygens (including phenoxy) is 6. The van der Waals surface area contributed by atoms with Crippen LogP contribution in [0, 0.1) is 0 Å². The third kappa shape index (κ3) is 98.4. The van der Waals surface area contributed by atoms with Crippen molar-refractivity contribution in [2.45, 2.75) is 200 Å². The molecule has 0 heterocycles. The first-order valence-electron chi connectivity index (χ1n) is 20.4. The summed E-state index contributed by atoms with van der Waals surface area (Å²) >= 11 is 0. The Balaban J connectivity index is -0.0000000887. The topological polar surface area (TPSA) is 296 Å². The van der Waals surface area contributed by atoms with E-state index in [1.807, 2.05) is 0 Å². The molecule has 0 unspecified atom stereocenters. The van der Waals surface area contributed by atoms with Gasteiger partial charge < -0.3 is 59.1 Å². The number of rotatable bonds is 6. The van der Waals surface area contributed by atoms with Crippen LogP contribution in [0.25, 0.3) is 0 Å². The van der Waals surface area contributed by atoms with E-state index in [2.05, 4.69) is 0 Å². The molecule has 0 bridgehead atoms. The van der Waals surface area contributed by atoms with Gasteiger partial charge in [-0.1, -0.05) is 41.5 Å². The molecule has 0 aromatic heterocycles. The van der Waals surface area contributed by atoms with Crippen LogP contribution in [0.15, 0.2) is 71.0 Å². The SMILES string of the molecule is C/C([O-])=C/C(=O)OC(C)(C)C.C/C([O-])=C/C(=O)OC(C)(C)C.C/C([O-])=C/C(=O)OC(C)(C)C.C/C([O-])=C/C(=O)OC(C)(C)C.C/C([O-])=C/C(=O)OC(C)(C)C.C/C([O-])=C/C(=O)OC(C)(C)C.[Zn+2].[Zn+2].[Zn+2]. The summed E-state index contributed by atoms with van der Waals surface area (Å²) < 4.78 is 29.0. The molecule has 0 atom stereocenters. The summed E-state index contributed by atoms with van der Waals surface area (Å²) in [5.41, 5.74) is -3.15. The number of carbonyl (C=O) groups excluding carboxylic acids is 6. The molecule has 0 aromatic rings. The standard InChI is InChI=1S/6C8H14O3.3Zn/c6*1-6(9)5-7(10)11-8(2,3)4;;;/h6*5,9H,1-4H3;;;/q;;;;;;3*+2/p-6/b6*6-5-;;;. The third-order valence-electron chi connectivity index (χ3n) is 4.37. The Hall–Kier alpha value is -4.07. The van der Waals surface area contributed by atoms with E-state index in [0.29, 0.717) is 0 Å². The summed E-state index contributed by atoms with van der Waals surface area (Å²) in [5, 5.41) is 62.3. The maximum absolute atomic E-state index is 10.8. The zero-order valence-electron chi connectivity index (χ0n) is 45.9. The van der Waals surface area contributed by atoms with Gasteiger partial charge in [-0.25, -0.2) is 28.8 Å². The largest absolute Gasteiger partial charge is 2.00 e. The van der Waals surface area contributed by atoms with Gasteiger partial charge in [0.25, 0.3) is 0 Å². The maximum Gasteiger partial charge on any atom is 2.00 e. The first-order valence-corrected chi connectivity index (χ1v) is 20.4. The van der Waals surface area contributed by atoms with Gasteiger partial charge in [-0.05, 0) is 125 Å². The quantitative estimate of drug-likeness (QED) is 0.121. The van der Waals surface area contributed by atoms with E-state index in [1.165, 1.54) is 41.5 Å². The van der Waals surface area contributed by atoms with Gasteiger partial charge in [0.2, 0.25) is 0 Å². The first kappa shape index (κ1) is 84.8. The number of esters is 6. The van der Waals surface area contributed by atoms with Crippen LogP contribution in [-0.2, 0) is 116 Å². The molecule has 0 aliphatic heterocycles. The Morgan fingerprint density at radius 1 is 0.246 bits per heavy atom. The monoisotopic (exact) mass is 1130 g/mol. The Labute approximate surface area is 450 Å². The van der Waals surface area contributed by atoms with Crippen molar-refractivity contribution in [3.63, 3.8) is 0 Å². The van der Waals surface area contributed by atoms with E-state index in [0.717, 1.165) is 36.5 Å². The predicted octanol–water partition coefficient (Wildman–Crippen LogP) is 3.55. The molecule has 0 fully saturated rings. The molecule has 0 saturated carbocycles. The molecular weight excluding hydrogens is 1060 g/mol. The normalized spacial score (nSPS) is 12.3. The summed E-state index contributed by atoms with van der Waals surface area (Å²) in [6, 6.07) is 0. The van der Waals surface area contributed by atoms with Gasteiger partial charge in [-0.15, -0.1) is 34.6 Å². The Bertz CT molecular complexity index is 1370. The molecule has 384 valence electrons. The fourth-order valence-corrected chi connectivity index (χ4v) is 2.98. The van der Waals surface area contributed by atoms with Gasteiger partial charge in [0.1, 0.15) is 33.6 Å². The maximum atomic E-state index is 10.8. The van der Waals surface area contributed by atoms with Crippen LogP contribution in [0.4, 0.5) is 0 Å². The van der Waals surface area contributed by atoms with Crippen molar-refractivity contribution in [3.05, 3.63) is 71.0 Å². The molecule has 0 radical (unpaired) electrons. The first-order chi connectivity index (χ1) is 28.9. The van der Waals surface area contributed by atoms with Crippen molar-refractivity contribution < 1.29 is 146 Å². The summed E-state index contributed by atoms with van der Waals surface area (Å²) in [7, 11) is 0. The molecule has 0 spiro atoms. The molecule has 0 aliphatic rings. The van der Waals surface area contributed by atoms with Crippen molar-refractivity contribution in [1.29, 1.82) is 0 Å². The minimum absolute atomic E-state index is 0. The smallest absolute Gasteiger partial charge is 0.875 e. The van der Waals surface area contributed by atoms with Gasteiger partial charge >= 0.3 is 94.2 Å². The van der Waals surface area contributed by atoms with Crippen LogP contribution in [0.2, 0.25) is 0 Å². The van der Waals surface area contributed by atoms with Crippen molar-refractivity contribution in [2.75, 3.05) is 0 Å².